The van der Waals surface area contributed by atoms with E-state index in [0.29, 0.717) is 23.8 Å². The van der Waals surface area contributed by atoms with Crippen LogP contribution in [0.2, 0.25) is 5.02 Å². The fraction of sp³-hybridized carbons (Fsp3) is 0.500. The van der Waals surface area contributed by atoms with Crippen LogP contribution in [-0.4, -0.2) is 24.2 Å². The quantitative estimate of drug-likeness (QED) is 0.770. The molecule has 0 saturated carbocycles. The SMILES string of the molecule is CC(CCC(CN)C(=O)O)COc1ccccc1Cl. The smallest absolute Gasteiger partial charge is 0.307 e. The van der Waals surface area contributed by atoms with Crippen LogP contribution in [0.1, 0.15) is 19.8 Å². The van der Waals surface area contributed by atoms with Gasteiger partial charge >= 0.3 is 5.97 Å². The Kier molecular flexibility index (Phi) is 6.67. The minimum absolute atomic E-state index is 0.174. The lowest BCUT2D eigenvalue weighted by Gasteiger charge is -2.16. The zero-order chi connectivity index (χ0) is 14.3. The van der Waals surface area contributed by atoms with Crippen molar-refractivity contribution in [2.24, 2.45) is 17.6 Å². The number of para-hydroxylation sites is 1. The first-order chi connectivity index (χ1) is 9.04. The van der Waals surface area contributed by atoms with Gasteiger partial charge in [-0.05, 0) is 30.9 Å². The number of ether oxygens (including phenoxy) is 1. The van der Waals surface area contributed by atoms with E-state index in [1.54, 1.807) is 6.07 Å². The molecule has 0 aromatic heterocycles. The van der Waals surface area contributed by atoms with Crippen LogP contribution in [-0.2, 0) is 4.79 Å². The Morgan fingerprint density at radius 3 is 2.68 bits per heavy atom. The number of halogens is 1. The maximum absolute atomic E-state index is 10.8. The first kappa shape index (κ1) is 15.8. The molecular formula is C14H20ClNO3. The van der Waals surface area contributed by atoms with Crippen LogP contribution in [0.4, 0.5) is 0 Å². The molecule has 106 valence electrons. The summed E-state index contributed by atoms with van der Waals surface area (Å²) in [5, 5.41) is 9.49. The predicted octanol–water partition coefficient (Wildman–Crippen LogP) is 2.79. The third kappa shape index (κ3) is 5.49. The molecule has 1 aromatic carbocycles. The van der Waals surface area contributed by atoms with Gasteiger partial charge in [0.05, 0.1) is 17.5 Å². The number of nitrogens with two attached hydrogens (primary N) is 1. The summed E-state index contributed by atoms with van der Waals surface area (Å²) >= 11 is 5.98. The molecule has 19 heavy (non-hydrogen) atoms. The Balaban J connectivity index is 2.34. The predicted molar refractivity (Wildman–Crippen MR) is 75.5 cm³/mol. The van der Waals surface area contributed by atoms with E-state index in [2.05, 4.69) is 0 Å². The van der Waals surface area contributed by atoms with Gasteiger partial charge in [-0.2, -0.15) is 0 Å². The minimum atomic E-state index is -0.832. The lowest BCUT2D eigenvalue weighted by atomic mass is 9.97. The molecule has 0 aliphatic rings. The van der Waals surface area contributed by atoms with Crippen molar-refractivity contribution in [3.05, 3.63) is 29.3 Å². The van der Waals surface area contributed by atoms with Crippen LogP contribution >= 0.6 is 11.6 Å². The molecular weight excluding hydrogens is 266 g/mol. The molecule has 1 aromatic rings. The van der Waals surface area contributed by atoms with Gasteiger partial charge in [0, 0.05) is 6.54 Å². The Morgan fingerprint density at radius 1 is 1.42 bits per heavy atom. The van der Waals surface area contributed by atoms with E-state index in [1.165, 1.54) is 0 Å². The molecule has 1 rings (SSSR count). The van der Waals surface area contributed by atoms with Crippen molar-refractivity contribution >= 4 is 17.6 Å². The Hall–Kier alpha value is -1.26. The Morgan fingerprint density at radius 2 is 2.11 bits per heavy atom. The van der Waals surface area contributed by atoms with Gasteiger partial charge in [-0.15, -0.1) is 0 Å². The molecule has 3 N–H and O–H groups in total. The van der Waals surface area contributed by atoms with E-state index in [1.807, 2.05) is 25.1 Å². The second kappa shape index (κ2) is 8.02. The summed E-state index contributed by atoms with van der Waals surface area (Å²) < 4.78 is 5.61. The number of rotatable bonds is 8. The molecule has 0 aliphatic heterocycles. The third-order valence-electron chi connectivity index (χ3n) is 3.00. The largest absolute Gasteiger partial charge is 0.492 e. The van der Waals surface area contributed by atoms with E-state index in [0.717, 1.165) is 6.42 Å². The topological polar surface area (TPSA) is 72.6 Å². The number of aliphatic carboxylic acids is 1. The summed E-state index contributed by atoms with van der Waals surface area (Å²) in [6, 6.07) is 7.30. The second-order valence-electron chi connectivity index (χ2n) is 4.69. The minimum Gasteiger partial charge on any atom is -0.492 e. The van der Waals surface area contributed by atoms with Crippen molar-refractivity contribution in [1.29, 1.82) is 0 Å². The molecule has 2 atom stereocenters. The maximum atomic E-state index is 10.8. The molecule has 2 unspecified atom stereocenters. The highest BCUT2D eigenvalue weighted by Gasteiger charge is 2.16. The highest BCUT2D eigenvalue weighted by Crippen LogP contribution is 2.24. The van der Waals surface area contributed by atoms with Crippen LogP contribution in [0.5, 0.6) is 5.75 Å². The van der Waals surface area contributed by atoms with Crippen LogP contribution < -0.4 is 10.5 Å². The van der Waals surface area contributed by atoms with Gasteiger partial charge in [-0.1, -0.05) is 30.7 Å². The highest BCUT2D eigenvalue weighted by molar-refractivity contribution is 6.32. The standard InChI is InChI=1S/C14H20ClNO3/c1-10(6-7-11(8-16)14(17)18)9-19-13-5-3-2-4-12(13)15/h2-5,10-11H,6-9,16H2,1H3,(H,17,18). The number of carboxylic acid groups (broad SMARTS) is 1. The average molecular weight is 286 g/mol. The molecule has 5 heteroatoms. The number of carboxylic acids is 1. The average Bonchev–Trinajstić information content (AvgIpc) is 2.38. The Bertz CT molecular complexity index is 411. The van der Waals surface area contributed by atoms with E-state index in [-0.39, 0.29) is 12.5 Å². The van der Waals surface area contributed by atoms with E-state index in [4.69, 9.17) is 27.2 Å². The van der Waals surface area contributed by atoms with Gasteiger partial charge in [0.15, 0.2) is 0 Å². The number of carbonyl (C=O) groups is 1. The summed E-state index contributed by atoms with van der Waals surface area (Å²) in [4.78, 5) is 10.8. The van der Waals surface area contributed by atoms with E-state index < -0.39 is 11.9 Å². The normalized spacial score (nSPS) is 13.8. The first-order valence-electron chi connectivity index (χ1n) is 6.34. The van der Waals surface area contributed by atoms with Gasteiger partial charge < -0.3 is 15.6 Å². The molecule has 0 aliphatic carbocycles. The van der Waals surface area contributed by atoms with Crippen molar-refractivity contribution in [3.8, 4) is 5.75 Å². The summed E-state index contributed by atoms with van der Waals surface area (Å²) in [7, 11) is 0. The van der Waals surface area contributed by atoms with Crippen molar-refractivity contribution in [3.63, 3.8) is 0 Å². The van der Waals surface area contributed by atoms with E-state index in [9.17, 15) is 4.79 Å². The first-order valence-corrected chi connectivity index (χ1v) is 6.72. The lowest BCUT2D eigenvalue weighted by molar-refractivity contribution is -0.141. The maximum Gasteiger partial charge on any atom is 0.307 e. The summed E-state index contributed by atoms with van der Waals surface area (Å²) in [5.74, 6) is -0.390. The van der Waals surface area contributed by atoms with Crippen molar-refractivity contribution < 1.29 is 14.6 Å². The molecule has 0 fully saturated rings. The monoisotopic (exact) mass is 285 g/mol. The van der Waals surface area contributed by atoms with Gasteiger partial charge in [0.25, 0.3) is 0 Å². The highest BCUT2D eigenvalue weighted by atomic mass is 35.5. The Labute approximate surface area is 118 Å². The van der Waals surface area contributed by atoms with Crippen molar-refractivity contribution in [2.45, 2.75) is 19.8 Å². The van der Waals surface area contributed by atoms with Crippen molar-refractivity contribution in [2.75, 3.05) is 13.2 Å². The van der Waals surface area contributed by atoms with Crippen molar-refractivity contribution in [1.82, 2.24) is 0 Å². The lowest BCUT2D eigenvalue weighted by Crippen LogP contribution is -2.24. The number of hydrogen-bond donors (Lipinski definition) is 2. The second-order valence-corrected chi connectivity index (χ2v) is 5.10. The zero-order valence-electron chi connectivity index (χ0n) is 11.0. The summed E-state index contributed by atoms with van der Waals surface area (Å²) in [6.07, 6.45) is 1.33. The van der Waals surface area contributed by atoms with Gasteiger partial charge in [-0.3, -0.25) is 4.79 Å². The van der Waals surface area contributed by atoms with Crippen LogP contribution in [0.15, 0.2) is 24.3 Å². The molecule has 4 nitrogen and oxygen atoms in total. The number of hydrogen-bond acceptors (Lipinski definition) is 3. The summed E-state index contributed by atoms with van der Waals surface area (Å²) in [5.41, 5.74) is 5.42. The fourth-order valence-corrected chi connectivity index (χ4v) is 1.90. The van der Waals surface area contributed by atoms with Crippen LogP contribution in [0, 0.1) is 11.8 Å². The number of benzene rings is 1. The van der Waals surface area contributed by atoms with Gasteiger partial charge in [0.2, 0.25) is 0 Å². The molecule has 0 heterocycles. The van der Waals surface area contributed by atoms with Crippen LogP contribution in [0.25, 0.3) is 0 Å². The molecule has 0 spiro atoms. The molecule has 0 bridgehead atoms. The van der Waals surface area contributed by atoms with Gasteiger partial charge in [-0.25, -0.2) is 0 Å². The fourth-order valence-electron chi connectivity index (χ4n) is 1.71. The third-order valence-corrected chi connectivity index (χ3v) is 3.31. The van der Waals surface area contributed by atoms with Crippen LogP contribution in [0.3, 0.4) is 0 Å². The molecule has 0 radical (unpaired) electrons. The van der Waals surface area contributed by atoms with E-state index >= 15 is 0 Å². The summed E-state index contributed by atoms with van der Waals surface area (Å²) in [6.45, 7) is 2.71. The molecule has 0 saturated heterocycles. The zero-order valence-corrected chi connectivity index (χ0v) is 11.8. The molecule has 0 amide bonds. The van der Waals surface area contributed by atoms with Gasteiger partial charge in [0.1, 0.15) is 5.75 Å².